The molecule has 1 aromatic heterocycles. The van der Waals surface area contributed by atoms with Gasteiger partial charge in [-0.1, -0.05) is 18.2 Å². The number of nitrogens with zero attached hydrogens (tertiary/aromatic N) is 4. The molecular weight excluding hydrogens is 452 g/mol. The predicted molar refractivity (Wildman–Crippen MR) is 130 cm³/mol. The first-order valence-electron chi connectivity index (χ1n) is 12.0. The van der Waals surface area contributed by atoms with Crippen molar-refractivity contribution >= 4 is 34.7 Å². The van der Waals surface area contributed by atoms with E-state index >= 15 is 0 Å². The first-order chi connectivity index (χ1) is 16.6. The number of thiophene rings is 1. The molecule has 3 amide bonds. The van der Waals surface area contributed by atoms with Crippen molar-refractivity contribution in [2.45, 2.75) is 25.4 Å². The lowest BCUT2D eigenvalue weighted by Gasteiger charge is -2.40. The Hall–Kier alpha value is -3.07. The number of amides is 3. The monoisotopic (exact) mass is 482 g/mol. The van der Waals surface area contributed by atoms with Crippen LogP contribution in [-0.2, 0) is 9.59 Å². The summed E-state index contributed by atoms with van der Waals surface area (Å²) in [4.78, 5) is 47.2. The molecule has 1 atom stereocenters. The first kappa shape index (κ1) is 22.7. The zero-order chi connectivity index (χ0) is 23.5. The van der Waals surface area contributed by atoms with Crippen molar-refractivity contribution in [1.29, 1.82) is 0 Å². The molecule has 0 spiro atoms. The molecule has 0 aliphatic carbocycles. The van der Waals surface area contributed by atoms with Gasteiger partial charge in [-0.05, 0) is 42.8 Å². The highest BCUT2D eigenvalue weighted by atomic mass is 32.1. The lowest BCUT2D eigenvalue weighted by atomic mass is 10.1. The van der Waals surface area contributed by atoms with Gasteiger partial charge in [0.2, 0.25) is 5.91 Å². The van der Waals surface area contributed by atoms with Crippen LogP contribution in [0, 0.1) is 0 Å². The lowest BCUT2D eigenvalue weighted by Crippen LogP contribution is -2.55. The summed E-state index contributed by atoms with van der Waals surface area (Å²) in [6.45, 7) is 4.16. The molecule has 4 heterocycles. The van der Waals surface area contributed by atoms with Crippen molar-refractivity contribution in [3.05, 3.63) is 46.7 Å². The van der Waals surface area contributed by atoms with E-state index in [4.69, 9.17) is 4.74 Å². The van der Waals surface area contributed by atoms with Gasteiger partial charge in [0.15, 0.2) is 6.10 Å². The van der Waals surface area contributed by atoms with E-state index in [1.165, 1.54) is 11.3 Å². The number of benzene rings is 1. The van der Waals surface area contributed by atoms with Crippen LogP contribution < -0.4 is 9.64 Å². The van der Waals surface area contributed by atoms with E-state index in [1.807, 2.05) is 61.4 Å². The number of para-hydroxylation sites is 2. The average Bonchev–Trinajstić information content (AvgIpc) is 3.43. The maximum atomic E-state index is 13.2. The highest BCUT2D eigenvalue weighted by Crippen LogP contribution is 2.33. The number of likely N-dealkylation sites (tertiary alicyclic amines) is 1. The summed E-state index contributed by atoms with van der Waals surface area (Å²) >= 11 is 1.44. The van der Waals surface area contributed by atoms with E-state index in [-0.39, 0.29) is 24.3 Å². The molecule has 34 heavy (non-hydrogen) atoms. The quantitative estimate of drug-likeness (QED) is 0.669. The number of anilines is 1. The largest absolute Gasteiger partial charge is 0.477 e. The summed E-state index contributed by atoms with van der Waals surface area (Å²) in [5.41, 5.74) is 0.838. The molecule has 9 heteroatoms. The average molecular weight is 483 g/mol. The van der Waals surface area contributed by atoms with E-state index in [1.54, 1.807) is 0 Å². The number of carbonyl (C=O) groups is 3. The Labute approximate surface area is 203 Å². The second-order valence-electron chi connectivity index (χ2n) is 8.99. The molecule has 2 fully saturated rings. The molecule has 3 aliphatic heterocycles. The summed E-state index contributed by atoms with van der Waals surface area (Å²) < 4.78 is 6.08. The van der Waals surface area contributed by atoms with E-state index in [0.717, 1.165) is 42.9 Å². The van der Waals surface area contributed by atoms with Crippen molar-refractivity contribution in [2.75, 3.05) is 57.3 Å². The standard InChI is InChI=1S/C25H30N4O4S/c30-23(26-12-14-28(15-13-26)25(32)22-9-6-16-34-22)18-29-17-21(24(31)27-10-4-1-5-11-27)33-20-8-3-2-7-19(20)29/h2-3,6-9,16,21H,1,4-5,10-15,17-18H2/t21-/m0/s1. The lowest BCUT2D eigenvalue weighted by molar-refractivity contribution is -0.140. The Morgan fingerprint density at radius 1 is 0.853 bits per heavy atom. The number of carbonyl (C=O) groups excluding carboxylic acids is 3. The van der Waals surface area contributed by atoms with Gasteiger partial charge in [0.05, 0.1) is 23.7 Å². The van der Waals surface area contributed by atoms with Gasteiger partial charge in [0.25, 0.3) is 11.8 Å². The number of rotatable bonds is 4. The smallest absolute Gasteiger partial charge is 0.265 e. The van der Waals surface area contributed by atoms with E-state index in [2.05, 4.69) is 0 Å². The van der Waals surface area contributed by atoms with Crippen molar-refractivity contribution in [3.63, 3.8) is 0 Å². The van der Waals surface area contributed by atoms with Gasteiger partial charge in [0, 0.05) is 39.3 Å². The molecule has 0 radical (unpaired) electrons. The van der Waals surface area contributed by atoms with Gasteiger partial charge in [-0.15, -0.1) is 11.3 Å². The van der Waals surface area contributed by atoms with Crippen LogP contribution >= 0.6 is 11.3 Å². The van der Waals surface area contributed by atoms with Gasteiger partial charge in [0.1, 0.15) is 5.75 Å². The third-order valence-electron chi connectivity index (χ3n) is 6.78. The molecular formula is C25H30N4O4S. The molecule has 8 nitrogen and oxygen atoms in total. The minimum Gasteiger partial charge on any atom is -0.477 e. The normalized spacial score (nSPS) is 20.5. The molecule has 2 saturated heterocycles. The summed E-state index contributed by atoms with van der Waals surface area (Å²) in [5.74, 6) is 0.683. The molecule has 5 rings (SSSR count). The number of ether oxygens (including phenoxy) is 1. The SMILES string of the molecule is O=C(CN1C[C@@H](C(=O)N2CCCCC2)Oc2ccccc21)N1CCN(C(=O)c2cccs2)CC1. The molecule has 3 aliphatic rings. The Morgan fingerprint density at radius 2 is 1.59 bits per heavy atom. The fourth-order valence-corrected chi connectivity index (χ4v) is 5.57. The van der Waals surface area contributed by atoms with Crippen molar-refractivity contribution in [1.82, 2.24) is 14.7 Å². The Balaban J connectivity index is 1.22. The number of piperidine rings is 1. The zero-order valence-electron chi connectivity index (χ0n) is 19.2. The van der Waals surface area contributed by atoms with Crippen LogP contribution in [0.5, 0.6) is 5.75 Å². The van der Waals surface area contributed by atoms with Crippen LogP contribution in [0.25, 0.3) is 0 Å². The van der Waals surface area contributed by atoms with Crippen LogP contribution in [0.15, 0.2) is 41.8 Å². The Bertz CT molecular complexity index is 1030. The van der Waals surface area contributed by atoms with Gasteiger partial charge < -0.3 is 24.3 Å². The number of fused-ring (bicyclic) bond motifs is 1. The third-order valence-corrected chi connectivity index (χ3v) is 7.64. The van der Waals surface area contributed by atoms with E-state index in [0.29, 0.717) is 38.5 Å². The van der Waals surface area contributed by atoms with Crippen LogP contribution in [0.3, 0.4) is 0 Å². The molecule has 0 unspecified atom stereocenters. The van der Waals surface area contributed by atoms with Gasteiger partial charge in [-0.2, -0.15) is 0 Å². The summed E-state index contributed by atoms with van der Waals surface area (Å²) in [7, 11) is 0. The van der Waals surface area contributed by atoms with E-state index in [9.17, 15) is 14.4 Å². The molecule has 2 aromatic rings. The van der Waals surface area contributed by atoms with Crippen molar-refractivity contribution in [2.24, 2.45) is 0 Å². The topological polar surface area (TPSA) is 73.4 Å². The van der Waals surface area contributed by atoms with Gasteiger partial charge in [-0.3, -0.25) is 14.4 Å². The minimum atomic E-state index is -0.610. The maximum Gasteiger partial charge on any atom is 0.265 e. The van der Waals surface area contributed by atoms with E-state index < -0.39 is 6.10 Å². The number of hydrogen-bond donors (Lipinski definition) is 0. The summed E-state index contributed by atoms with van der Waals surface area (Å²) in [5, 5.41) is 1.90. The summed E-state index contributed by atoms with van der Waals surface area (Å²) in [6, 6.07) is 11.3. The zero-order valence-corrected chi connectivity index (χ0v) is 20.0. The first-order valence-corrected chi connectivity index (χ1v) is 12.9. The second-order valence-corrected chi connectivity index (χ2v) is 9.94. The Morgan fingerprint density at radius 3 is 2.32 bits per heavy atom. The molecule has 1 aromatic carbocycles. The predicted octanol–water partition coefficient (Wildman–Crippen LogP) is 2.31. The molecule has 180 valence electrons. The van der Waals surface area contributed by atoms with Crippen LogP contribution in [-0.4, -0.2) is 90.9 Å². The van der Waals surface area contributed by atoms with Crippen molar-refractivity contribution < 1.29 is 19.1 Å². The maximum absolute atomic E-state index is 13.2. The summed E-state index contributed by atoms with van der Waals surface area (Å²) in [6.07, 6.45) is 2.60. The number of piperazine rings is 1. The number of hydrogen-bond acceptors (Lipinski definition) is 6. The van der Waals surface area contributed by atoms with Crippen molar-refractivity contribution in [3.8, 4) is 5.75 Å². The minimum absolute atomic E-state index is 0.00379. The molecule has 0 saturated carbocycles. The van der Waals surface area contributed by atoms with Crippen LogP contribution in [0.2, 0.25) is 0 Å². The van der Waals surface area contributed by atoms with Crippen LogP contribution in [0.4, 0.5) is 5.69 Å². The molecule has 0 N–H and O–H groups in total. The fraction of sp³-hybridized carbons (Fsp3) is 0.480. The van der Waals surface area contributed by atoms with Gasteiger partial charge >= 0.3 is 0 Å². The third kappa shape index (κ3) is 4.75. The Kier molecular flexibility index (Phi) is 6.71. The highest BCUT2D eigenvalue weighted by Gasteiger charge is 2.35. The van der Waals surface area contributed by atoms with Crippen LogP contribution in [0.1, 0.15) is 28.9 Å². The molecule has 0 bridgehead atoms. The highest BCUT2D eigenvalue weighted by molar-refractivity contribution is 7.12. The fourth-order valence-electron chi connectivity index (χ4n) is 4.88. The second kappa shape index (κ2) is 10.0. The van der Waals surface area contributed by atoms with Gasteiger partial charge in [-0.25, -0.2) is 0 Å².